The number of rotatable bonds is 2. The molecule has 0 bridgehead atoms. The van der Waals surface area contributed by atoms with Crippen LogP contribution in [0, 0.1) is 30.6 Å². The van der Waals surface area contributed by atoms with Crippen LogP contribution >= 0.6 is 0 Å². The zero-order valence-corrected chi connectivity index (χ0v) is 10.9. The van der Waals surface area contributed by atoms with Crippen LogP contribution in [0.25, 0.3) is 0 Å². The number of ether oxygens (including phenoxy) is 1. The molecule has 1 aliphatic heterocycles. The second-order valence-electron chi connectivity index (χ2n) is 5.12. The summed E-state index contributed by atoms with van der Waals surface area (Å²) in [7, 11) is 0. The Kier molecular flexibility index (Phi) is 3.70. The number of nitriles is 1. The third kappa shape index (κ3) is 2.14. The highest BCUT2D eigenvalue weighted by Crippen LogP contribution is 2.41. The summed E-state index contributed by atoms with van der Waals surface area (Å²) in [5.41, 5.74) is 2.25. The molecule has 1 N–H and O–H groups in total. The van der Waals surface area contributed by atoms with Crippen LogP contribution in [0.2, 0.25) is 0 Å². The molecule has 0 aromatic heterocycles. The van der Waals surface area contributed by atoms with E-state index in [1.807, 2.05) is 32.0 Å². The molecule has 1 heterocycles. The van der Waals surface area contributed by atoms with Gasteiger partial charge in [-0.25, -0.2) is 0 Å². The predicted molar refractivity (Wildman–Crippen MR) is 69.0 cm³/mol. The molecule has 1 aromatic rings. The van der Waals surface area contributed by atoms with E-state index in [4.69, 9.17) is 4.74 Å². The largest absolute Gasteiger partial charge is 0.387 e. The third-order valence-corrected chi connectivity index (χ3v) is 3.96. The Morgan fingerprint density at radius 1 is 1.44 bits per heavy atom. The van der Waals surface area contributed by atoms with Crippen molar-refractivity contribution in [1.82, 2.24) is 0 Å². The Balaban J connectivity index is 2.37. The smallest absolute Gasteiger partial charge is 0.111 e. The third-order valence-electron chi connectivity index (χ3n) is 3.96. The zero-order valence-electron chi connectivity index (χ0n) is 10.9. The van der Waals surface area contributed by atoms with E-state index in [9.17, 15) is 10.4 Å². The van der Waals surface area contributed by atoms with Gasteiger partial charge in [-0.2, -0.15) is 5.26 Å². The second-order valence-corrected chi connectivity index (χ2v) is 5.12. The van der Waals surface area contributed by atoms with Gasteiger partial charge in [0.05, 0.1) is 12.7 Å². The highest BCUT2D eigenvalue weighted by atomic mass is 16.5. The molecule has 1 saturated heterocycles. The van der Waals surface area contributed by atoms with Gasteiger partial charge in [-0.05, 0) is 43.4 Å². The molecule has 1 aliphatic rings. The van der Waals surface area contributed by atoms with Crippen molar-refractivity contribution in [3.63, 3.8) is 0 Å². The number of nitrogens with zero attached hydrogens (tertiary/aromatic N) is 1. The molecule has 3 nitrogen and oxygen atoms in total. The Morgan fingerprint density at radius 2 is 2.22 bits per heavy atom. The van der Waals surface area contributed by atoms with E-state index in [-0.39, 0.29) is 0 Å². The fourth-order valence-electron chi connectivity index (χ4n) is 2.55. The van der Waals surface area contributed by atoms with Crippen LogP contribution in [0.1, 0.15) is 35.6 Å². The fourth-order valence-corrected chi connectivity index (χ4v) is 2.55. The van der Waals surface area contributed by atoms with E-state index in [0.717, 1.165) is 23.1 Å². The lowest BCUT2D eigenvalue weighted by molar-refractivity contribution is -0.0508. The van der Waals surface area contributed by atoms with Gasteiger partial charge in [-0.3, -0.25) is 0 Å². The summed E-state index contributed by atoms with van der Waals surface area (Å²) in [6.07, 6.45) is 0.746. The molecule has 3 heteroatoms. The van der Waals surface area contributed by atoms with E-state index in [2.05, 4.69) is 6.07 Å². The van der Waals surface area contributed by atoms with Gasteiger partial charge in [0.1, 0.15) is 11.5 Å². The fraction of sp³-hybridized carbons (Fsp3) is 0.533. The van der Waals surface area contributed by atoms with Crippen molar-refractivity contribution < 1.29 is 9.84 Å². The monoisotopic (exact) mass is 245 g/mol. The molecule has 0 radical (unpaired) electrons. The minimum absolute atomic E-state index is 0.318. The van der Waals surface area contributed by atoms with Crippen molar-refractivity contribution in [3.05, 3.63) is 34.9 Å². The summed E-state index contributed by atoms with van der Waals surface area (Å²) in [6.45, 7) is 5.01. The lowest BCUT2D eigenvalue weighted by Gasteiger charge is -2.35. The maximum absolute atomic E-state index is 10.6. The summed E-state index contributed by atoms with van der Waals surface area (Å²) in [5, 5.41) is 20.0. The molecule has 2 atom stereocenters. The number of aryl methyl sites for hydroxylation is 1. The molecule has 2 rings (SSSR count). The summed E-state index contributed by atoms with van der Waals surface area (Å²) in [4.78, 5) is 0. The van der Waals surface area contributed by atoms with E-state index < -0.39 is 11.5 Å². The normalized spacial score (nSPS) is 25.4. The molecule has 18 heavy (non-hydrogen) atoms. The molecule has 1 aromatic carbocycles. The van der Waals surface area contributed by atoms with Gasteiger partial charge in [0, 0.05) is 6.61 Å². The molecule has 0 aliphatic carbocycles. The summed E-state index contributed by atoms with van der Waals surface area (Å²) < 4.78 is 5.41. The van der Waals surface area contributed by atoms with Crippen LogP contribution in [0.5, 0.6) is 0 Å². The van der Waals surface area contributed by atoms with Gasteiger partial charge in [0.2, 0.25) is 0 Å². The van der Waals surface area contributed by atoms with Crippen LogP contribution < -0.4 is 0 Å². The number of aliphatic hydroxyl groups excluding tert-OH is 1. The van der Waals surface area contributed by atoms with Gasteiger partial charge in [-0.15, -0.1) is 0 Å². The molecule has 1 fully saturated rings. The second kappa shape index (κ2) is 5.09. The van der Waals surface area contributed by atoms with E-state index in [0.29, 0.717) is 19.6 Å². The van der Waals surface area contributed by atoms with Crippen molar-refractivity contribution in [2.45, 2.75) is 32.8 Å². The van der Waals surface area contributed by atoms with Gasteiger partial charge in [-0.1, -0.05) is 18.2 Å². The predicted octanol–water partition coefficient (Wildman–Crippen LogP) is 2.66. The first-order chi connectivity index (χ1) is 8.60. The molecular weight excluding hydrogens is 226 g/mol. The highest BCUT2D eigenvalue weighted by Gasteiger charge is 2.41. The molecule has 0 spiro atoms. The molecule has 0 saturated carbocycles. The standard InChI is InChI=1S/C15H19NO2/c1-11-5-3-6-13(12(11)2)14(17)15(9-16)7-4-8-18-10-15/h3,5-6,14,17H,4,7-8,10H2,1-2H3. The zero-order chi connectivity index (χ0) is 13.2. The van der Waals surface area contributed by atoms with Crippen LogP contribution in [-0.4, -0.2) is 18.3 Å². The van der Waals surface area contributed by atoms with Gasteiger partial charge in [0.15, 0.2) is 0 Å². The van der Waals surface area contributed by atoms with Crippen LogP contribution in [-0.2, 0) is 4.74 Å². The topological polar surface area (TPSA) is 53.2 Å². The van der Waals surface area contributed by atoms with E-state index >= 15 is 0 Å². The van der Waals surface area contributed by atoms with Crippen molar-refractivity contribution >= 4 is 0 Å². The summed E-state index contributed by atoms with van der Waals surface area (Å²) in [6, 6.07) is 8.13. The lowest BCUT2D eigenvalue weighted by Crippen LogP contribution is -2.36. The minimum Gasteiger partial charge on any atom is -0.387 e. The van der Waals surface area contributed by atoms with Crippen molar-refractivity contribution in [1.29, 1.82) is 5.26 Å². The number of hydrogen-bond acceptors (Lipinski definition) is 3. The van der Waals surface area contributed by atoms with Crippen molar-refractivity contribution in [2.24, 2.45) is 5.41 Å². The van der Waals surface area contributed by atoms with Crippen LogP contribution in [0.3, 0.4) is 0 Å². The van der Waals surface area contributed by atoms with Crippen molar-refractivity contribution in [2.75, 3.05) is 13.2 Å². The number of benzene rings is 1. The van der Waals surface area contributed by atoms with Gasteiger partial charge in [0.25, 0.3) is 0 Å². The molecule has 96 valence electrons. The molecule has 2 unspecified atom stereocenters. The lowest BCUT2D eigenvalue weighted by atomic mass is 9.75. The van der Waals surface area contributed by atoms with Gasteiger partial charge < -0.3 is 9.84 Å². The summed E-state index contributed by atoms with van der Waals surface area (Å²) >= 11 is 0. The van der Waals surface area contributed by atoms with E-state index in [1.54, 1.807) is 0 Å². The maximum atomic E-state index is 10.6. The number of aliphatic hydroxyl groups is 1. The van der Waals surface area contributed by atoms with E-state index in [1.165, 1.54) is 0 Å². The Hall–Kier alpha value is -1.37. The summed E-state index contributed by atoms with van der Waals surface area (Å²) in [5.74, 6) is 0. The molecule has 0 amide bonds. The first kappa shape index (κ1) is 13.1. The highest BCUT2D eigenvalue weighted by molar-refractivity contribution is 5.36. The minimum atomic E-state index is -0.795. The SMILES string of the molecule is Cc1cccc(C(O)C2(C#N)CCCOC2)c1C. The number of hydrogen-bond donors (Lipinski definition) is 1. The van der Waals surface area contributed by atoms with Crippen molar-refractivity contribution in [3.8, 4) is 6.07 Å². The quantitative estimate of drug-likeness (QED) is 0.871. The Labute approximate surface area is 108 Å². The average Bonchev–Trinajstić information content (AvgIpc) is 2.42. The maximum Gasteiger partial charge on any atom is 0.111 e. The Morgan fingerprint density at radius 3 is 2.83 bits per heavy atom. The average molecular weight is 245 g/mol. The Bertz CT molecular complexity index is 470. The van der Waals surface area contributed by atoms with Crippen LogP contribution in [0.4, 0.5) is 0 Å². The van der Waals surface area contributed by atoms with Gasteiger partial charge >= 0.3 is 0 Å². The molecular formula is C15H19NO2. The van der Waals surface area contributed by atoms with Crippen LogP contribution in [0.15, 0.2) is 18.2 Å². The first-order valence-electron chi connectivity index (χ1n) is 6.34. The first-order valence-corrected chi connectivity index (χ1v) is 6.34.